The number of rotatable bonds is 11. The molecule has 17 heavy (non-hydrogen) atoms. The summed E-state index contributed by atoms with van der Waals surface area (Å²) in [6.45, 7) is 2.51. The number of nitrogens with one attached hydrogen (secondary N) is 1. The molecular formula is C9H20N2O6. The highest BCUT2D eigenvalue weighted by Gasteiger charge is 1.96. The summed E-state index contributed by atoms with van der Waals surface area (Å²) in [5, 5.41) is 8.41. The molecule has 0 radical (unpaired) electrons. The SMILES string of the molecule is NNC(=O)OCCOCCOCCOCCO. The van der Waals surface area contributed by atoms with E-state index >= 15 is 0 Å². The Labute approximate surface area is 99.9 Å². The van der Waals surface area contributed by atoms with Crippen LogP contribution in [0.15, 0.2) is 0 Å². The van der Waals surface area contributed by atoms with E-state index < -0.39 is 6.09 Å². The second-order valence-corrected chi connectivity index (χ2v) is 2.84. The van der Waals surface area contributed by atoms with Crippen LogP contribution in [0.5, 0.6) is 0 Å². The van der Waals surface area contributed by atoms with Crippen LogP contribution in [0.2, 0.25) is 0 Å². The molecular weight excluding hydrogens is 232 g/mol. The molecule has 0 aliphatic carbocycles. The monoisotopic (exact) mass is 252 g/mol. The average molecular weight is 252 g/mol. The van der Waals surface area contributed by atoms with Crippen LogP contribution in [0.1, 0.15) is 0 Å². The molecule has 8 heteroatoms. The van der Waals surface area contributed by atoms with Crippen molar-refractivity contribution in [1.82, 2.24) is 5.43 Å². The van der Waals surface area contributed by atoms with Crippen LogP contribution in [-0.4, -0.2) is 64.1 Å². The molecule has 8 nitrogen and oxygen atoms in total. The Morgan fingerprint density at radius 3 is 1.88 bits per heavy atom. The number of carbonyl (C=O) groups is 1. The normalized spacial score (nSPS) is 10.2. The third-order valence-electron chi connectivity index (χ3n) is 1.56. The van der Waals surface area contributed by atoms with Crippen molar-refractivity contribution in [3.8, 4) is 0 Å². The lowest BCUT2D eigenvalue weighted by atomic mass is 10.7. The van der Waals surface area contributed by atoms with Gasteiger partial charge in [-0.3, -0.25) is 5.43 Å². The van der Waals surface area contributed by atoms with E-state index in [0.717, 1.165) is 0 Å². The molecule has 0 bridgehead atoms. The predicted octanol–water partition coefficient (Wildman–Crippen LogP) is -1.37. The minimum atomic E-state index is -0.689. The first-order valence-corrected chi connectivity index (χ1v) is 5.28. The second-order valence-electron chi connectivity index (χ2n) is 2.84. The van der Waals surface area contributed by atoms with E-state index in [4.69, 9.17) is 25.2 Å². The number of hydrazine groups is 1. The van der Waals surface area contributed by atoms with Gasteiger partial charge < -0.3 is 24.1 Å². The fourth-order valence-electron chi connectivity index (χ4n) is 0.841. The maximum atomic E-state index is 10.5. The summed E-state index contributed by atoms with van der Waals surface area (Å²) in [6, 6.07) is 0. The number of carbonyl (C=O) groups excluding carboxylic acids is 1. The fourth-order valence-corrected chi connectivity index (χ4v) is 0.841. The van der Waals surface area contributed by atoms with Gasteiger partial charge in [0.25, 0.3) is 0 Å². The number of amides is 1. The first kappa shape index (κ1) is 16.1. The number of nitrogens with two attached hydrogens (primary N) is 1. The van der Waals surface area contributed by atoms with Gasteiger partial charge in [-0.05, 0) is 0 Å². The van der Waals surface area contributed by atoms with Crippen molar-refractivity contribution < 1.29 is 28.8 Å². The summed E-state index contributed by atoms with van der Waals surface area (Å²) in [5.74, 6) is 4.79. The minimum absolute atomic E-state index is 0.0134. The Morgan fingerprint density at radius 1 is 0.941 bits per heavy atom. The molecule has 0 saturated heterocycles. The molecule has 0 fully saturated rings. The molecule has 0 aromatic heterocycles. The van der Waals surface area contributed by atoms with E-state index in [1.165, 1.54) is 0 Å². The molecule has 0 atom stereocenters. The molecule has 1 amide bonds. The lowest BCUT2D eigenvalue weighted by molar-refractivity contribution is 0.000755. The summed E-state index contributed by atoms with van der Waals surface area (Å²) in [6.07, 6.45) is -0.689. The fraction of sp³-hybridized carbons (Fsp3) is 0.889. The lowest BCUT2D eigenvalue weighted by Crippen LogP contribution is -2.31. The molecule has 0 unspecified atom stereocenters. The first-order valence-electron chi connectivity index (χ1n) is 5.28. The third kappa shape index (κ3) is 13.0. The van der Waals surface area contributed by atoms with Gasteiger partial charge in [0.05, 0.1) is 46.2 Å². The number of ether oxygens (including phenoxy) is 4. The molecule has 102 valence electrons. The number of hydrogen-bond acceptors (Lipinski definition) is 7. The first-order chi connectivity index (χ1) is 8.31. The van der Waals surface area contributed by atoms with E-state index in [-0.39, 0.29) is 19.8 Å². The molecule has 0 aliphatic rings. The number of aliphatic hydroxyl groups is 1. The van der Waals surface area contributed by atoms with Gasteiger partial charge in [0.2, 0.25) is 0 Å². The van der Waals surface area contributed by atoms with Crippen molar-refractivity contribution >= 4 is 6.09 Å². The van der Waals surface area contributed by atoms with Gasteiger partial charge in [-0.1, -0.05) is 0 Å². The Bertz CT molecular complexity index is 181. The van der Waals surface area contributed by atoms with Gasteiger partial charge in [-0.25, -0.2) is 10.6 Å². The molecule has 0 saturated carbocycles. The molecule has 0 aromatic carbocycles. The standard InChI is InChI=1S/C9H20N2O6/c10-11-9(13)17-8-7-16-6-5-15-4-3-14-2-1-12/h12H,1-8,10H2,(H,11,13). The Hall–Kier alpha value is -0.930. The van der Waals surface area contributed by atoms with E-state index in [2.05, 4.69) is 4.74 Å². The minimum Gasteiger partial charge on any atom is -0.446 e. The smallest absolute Gasteiger partial charge is 0.421 e. The third-order valence-corrected chi connectivity index (χ3v) is 1.56. The summed E-state index contributed by atoms with van der Waals surface area (Å²) >= 11 is 0. The summed E-state index contributed by atoms with van der Waals surface area (Å²) < 4.78 is 19.8. The van der Waals surface area contributed by atoms with Gasteiger partial charge in [0.15, 0.2) is 0 Å². The van der Waals surface area contributed by atoms with Gasteiger partial charge in [0.1, 0.15) is 6.61 Å². The van der Waals surface area contributed by atoms with Crippen LogP contribution in [0.4, 0.5) is 4.79 Å². The van der Waals surface area contributed by atoms with Crippen molar-refractivity contribution in [3.63, 3.8) is 0 Å². The molecule has 4 N–H and O–H groups in total. The van der Waals surface area contributed by atoms with Crippen molar-refractivity contribution in [2.45, 2.75) is 0 Å². The van der Waals surface area contributed by atoms with Crippen LogP contribution in [0.25, 0.3) is 0 Å². The van der Waals surface area contributed by atoms with Gasteiger partial charge in [0, 0.05) is 0 Å². The van der Waals surface area contributed by atoms with E-state index in [9.17, 15) is 4.79 Å². The van der Waals surface area contributed by atoms with Crippen LogP contribution in [-0.2, 0) is 18.9 Å². The van der Waals surface area contributed by atoms with E-state index in [1.807, 2.05) is 5.43 Å². The van der Waals surface area contributed by atoms with Crippen LogP contribution < -0.4 is 11.3 Å². The Kier molecular flexibility index (Phi) is 12.4. The summed E-state index contributed by atoms with van der Waals surface area (Å²) in [7, 11) is 0. The summed E-state index contributed by atoms with van der Waals surface area (Å²) in [4.78, 5) is 10.5. The zero-order chi connectivity index (χ0) is 12.8. The van der Waals surface area contributed by atoms with Crippen molar-refractivity contribution in [3.05, 3.63) is 0 Å². The van der Waals surface area contributed by atoms with Crippen LogP contribution in [0, 0.1) is 0 Å². The zero-order valence-electron chi connectivity index (χ0n) is 9.72. The van der Waals surface area contributed by atoms with E-state index in [1.54, 1.807) is 0 Å². The molecule has 0 rings (SSSR count). The van der Waals surface area contributed by atoms with Gasteiger partial charge >= 0.3 is 6.09 Å². The van der Waals surface area contributed by atoms with Crippen LogP contribution >= 0.6 is 0 Å². The lowest BCUT2D eigenvalue weighted by Gasteiger charge is -2.06. The molecule has 0 spiro atoms. The highest BCUT2D eigenvalue weighted by Crippen LogP contribution is 1.82. The molecule has 0 heterocycles. The Balaban J connectivity index is 2.96. The van der Waals surface area contributed by atoms with Gasteiger partial charge in [-0.15, -0.1) is 0 Å². The average Bonchev–Trinajstić information content (AvgIpc) is 2.35. The largest absolute Gasteiger partial charge is 0.446 e. The maximum absolute atomic E-state index is 10.5. The van der Waals surface area contributed by atoms with Crippen molar-refractivity contribution in [2.24, 2.45) is 5.84 Å². The number of aliphatic hydroxyl groups excluding tert-OH is 1. The summed E-state index contributed by atoms with van der Waals surface area (Å²) in [5.41, 5.74) is 1.83. The second kappa shape index (κ2) is 13.1. The molecule has 0 aliphatic heterocycles. The Morgan fingerprint density at radius 2 is 1.41 bits per heavy atom. The topological polar surface area (TPSA) is 112 Å². The molecule has 0 aromatic rings. The van der Waals surface area contributed by atoms with Gasteiger partial charge in [-0.2, -0.15) is 0 Å². The number of hydrogen-bond donors (Lipinski definition) is 3. The van der Waals surface area contributed by atoms with E-state index in [0.29, 0.717) is 33.0 Å². The van der Waals surface area contributed by atoms with Crippen molar-refractivity contribution in [1.29, 1.82) is 0 Å². The predicted molar refractivity (Wildman–Crippen MR) is 58.2 cm³/mol. The highest BCUT2D eigenvalue weighted by atomic mass is 16.6. The quantitative estimate of drug-likeness (QED) is 0.180. The maximum Gasteiger partial charge on any atom is 0.421 e. The van der Waals surface area contributed by atoms with Crippen molar-refractivity contribution in [2.75, 3.05) is 52.9 Å². The van der Waals surface area contributed by atoms with Crippen LogP contribution in [0.3, 0.4) is 0 Å². The highest BCUT2D eigenvalue weighted by molar-refractivity contribution is 5.66. The zero-order valence-corrected chi connectivity index (χ0v) is 9.72.